The molecule has 1 aliphatic rings. The highest BCUT2D eigenvalue weighted by atomic mass is 16.5. The van der Waals surface area contributed by atoms with Crippen molar-refractivity contribution in [2.24, 2.45) is 0 Å². The number of nitrogens with one attached hydrogen (secondary N) is 2. The number of fused-ring (bicyclic) bond motifs is 1. The van der Waals surface area contributed by atoms with Gasteiger partial charge in [0.1, 0.15) is 5.82 Å². The number of aromatic amines is 1. The number of esters is 1. The number of H-pyrrole nitrogens is 1. The minimum Gasteiger partial charge on any atom is -0.462 e. The van der Waals surface area contributed by atoms with Crippen LogP contribution in [0.2, 0.25) is 0 Å². The molecule has 0 aromatic carbocycles. The molecular weight excluding hydrogens is 380 g/mol. The van der Waals surface area contributed by atoms with E-state index in [1.807, 2.05) is 39.0 Å². The summed E-state index contributed by atoms with van der Waals surface area (Å²) >= 11 is 0. The molecule has 7 nitrogen and oxygen atoms in total. The number of aromatic nitrogens is 3. The van der Waals surface area contributed by atoms with Crippen LogP contribution >= 0.6 is 0 Å². The summed E-state index contributed by atoms with van der Waals surface area (Å²) in [5.41, 5.74) is 6.59. The largest absolute Gasteiger partial charge is 0.462 e. The third kappa shape index (κ3) is 3.28. The van der Waals surface area contributed by atoms with Crippen molar-refractivity contribution in [3.05, 3.63) is 64.4 Å². The first-order valence-electron chi connectivity index (χ1n) is 9.72. The standard InChI is InChI=1S/C23H22N4O3/c1-5-30-23(29)20-12(2)19(25-14(20)4)11-18-17-10-16(15-6-8-24-9-7-15)13(3)26-21(17)27-22(18)28/h6-11,25H,5H2,1-4H3,(H,26,27,28). The molecule has 1 aliphatic heterocycles. The summed E-state index contributed by atoms with van der Waals surface area (Å²) in [6.07, 6.45) is 5.22. The molecular formula is C23H22N4O3. The highest BCUT2D eigenvalue weighted by molar-refractivity contribution is 6.34. The summed E-state index contributed by atoms with van der Waals surface area (Å²) in [5.74, 6) is -0.0665. The quantitative estimate of drug-likeness (QED) is 0.507. The molecule has 3 aromatic heterocycles. The Balaban J connectivity index is 1.82. The number of rotatable bonds is 4. The van der Waals surface area contributed by atoms with Crippen LogP contribution in [0.3, 0.4) is 0 Å². The average molecular weight is 402 g/mol. The van der Waals surface area contributed by atoms with Crippen molar-refractivity contribution in [3.63, 3.8) is 0 Å². The van der Waals surface area contributed by atoms with Gasteiger partial charge in [0.15, 0.2) is 0 Å². The Morgan fingerprint density at radius 2 is 1.90 bits per heavy atom. The molecule has 4 heterocycles. The van der Waals surface area contributed by atoms with E-state index in [4.69, 9.17) is 4.74 Å². The number of aryl methyl sites for hydroxylation is 2. The molecule has 7 heteroatoms. The SMILES string of the molecule is CCOC(=O)c1c(C)[nH]c(C=C2C(=O)Nc3nc(C)c(-c4ccncc4)cc32)c1C. The van der Waals surface area contributed by atoms with Crippen LogP contribution in [0.4, 0.5) is 5.82 Å². The first-order chi connectivity index (χ1) is 14.4. The maximum atomic E-state index is 12.7. The highest BCUT2D eigenvalue weighted by Crippen LogP contribution is 2.36. The number of carbonyl (C=O) groups is 2. The van der Waals surface area contributed by atoms with Crippen LogP contribution in [0.15, 0.2) is 30.6 Å². The first-order valence-corrected chi connectivity index (χ1v) is 9.72. The van der Waals surface area contributed by atoms with Crippen LogP contribution in [0.5, 0.6) is 0 Å². The van der Waals surface area contributed by atoms with Gasteiger partial charge in [-0.1, -0.05) is 0 Å². The van der Waals surface area contributed by atoms with Gasteiger partial charge in [-0.05, 0) is 63.1 Å². The van der Waals surface area contributed by atoms with E-state index in [0.717, 1.165) is 27.9 Å². The van der Waals surface area contributed by atoms with Crippen molar-refractivity contribution in [1.82, 2.24) is 15.0 Å². The molecule has 0 unspecified atom stereocenters. The van der Waals surface area contributed by atoms with Gasteiger partial charge in [0.25, 0.3) is 5.91 Å². The lowest BCUT2D eigenvalue weighted by Crippen LogP contribution is -2.06. The van der Waals surface area contributed by atoms with E-state index in [9.17, 15) is 9.59 Å². The van der Waals surface area contributed by atoms with Gasteiger partial charge in [-0.15, -0.1) is 0 Å². The predicted octanol–water partition coefficient (Wildman–Crippen LogP) is 4.07. The van der Waals surface area contributed by atoms with Crippen molar-refractivity contribution < 1.29 is 14.3 Å². The molecule has 0 aliphatic carbocycles. The van der Waals surface area contributed by atoms with E-state index in [0.29, 0.717) is 34.9 Å². The maximum absolute atomic E-state index is 12.7. The van der Waals surface area contributed by atoms with Gasteiger partial charge in [0, 0.05) is 40.6 Å². The Labute approximate surface area is 174 Å². The van der Waals surface area contributed by atoms with Gasteiger partial charge >= 0.3 is 5.97 Å². The molecule has 1 amide bonds. The zero-order valence-electron chi connectivity index (χ0n) is 17.3. The number of hydrogen-bond acceptors (Lipinski definition) is 5. The molecule has 0 saturated carbocycles. The van der Waals surface area contributed by atoms with E-state index in [2.05, 4.69) is 20.3 Å². The fraction of sp³-hybridized carbons (Fsp3) is 0.217. The Morgan fingerprint density at radius 1 is 1.17 bits per heavy atom. The summed E-state index contributed by atoms with van der Waals surface area (Å²) in [5, 5.41) is 2.83. The van der Waals surface area contributed by atoms with Crippen molar-refractivity contribution in [2.45, 2.75) is 27.7 Å². The summed E-state index contributed by atoms with van der Waals surface area (Å²) < 4.78 is 5.15. The maximum Gasteiger partial charge on any atom is 0.340 e. The molecule has 0 bridgehead atoms. The average Bonchev–Trinajstić information content (AvgIpc) is 3.17. The van der Waals surface area contributed by atoms with Crippen LogP contribution < -0.4 is 5.32 Å². The van der Waals surface area contributed by atoms with Crippen LogP contribution in [-0.4, -0.2) is 33.4 Å². The Hall–Kier alpha value is -3.74. The molecule has 0 fully saturated rings. The lowest BCUT2D eigenvalue weighted by atomic mass is 9.99. The van der Waals surface area contributed by atoms with Crippen LogP contribution in [0, 0.1) is 20.8 Å². The second kappa shape index (κ2) is 7.59. The van der Waals surface area contributed by atoms with Crippen molar-refractivity contribution in [3.8, 4) is 11.1 Å². The monoisotopic (exact) mass is 402 g/mol. The smallest absolute Gasteiger partial charge is 0.340 e. The molecule has 0 spiro atoms. The van der Waals surface area contributed by atoms with E-state index in [1.165, 1.54) is 0 Å². The predicted molar refractivity (Wildman–Crippen MR) is 115 cm³/mol. The lowest BCUT2D eigenvalue weighted by Gasteiger charge is -2.08. The molecule has 4 rings (SSSR count). The topological polar surface area (TPSA) is 97.0 Å². The van der Waals surface area contributed by atoms with Gasteiger partial charge < -0.3 is 15.0 Å². The third-order valence-electron chi connectivity index (χ3n) is 5.22. The first kappa shape index (κ1) is 19.6. The van der Waals surface area contributed by atoms with Crippen LogP contribution in [-0.2, 0) is 9.53 Å². The number of nitrogens with zero attached hydrogens (tertiary/aromatic N) is 2. The number of carbonyl (C=O) groups excluding carboxylic acids is 2. The number of amides is 1. The van der Waals surface area contributed by atoms with Gasteiger partial charge in [0.05, 0.1) is 17.7 Å². The highest BCUT2D eigenvalue weighted by Gasteiger charge is 2.28. The molecule has 152 valence electrons. The normalized spacial score (nSPS) is 14.0. The van der Waals surface area contributed by atoms with E-state index >= 15 is 0 Å². The molecule has 0 radical (unpaired) electrons. The second-order valence-electron chi connectivity index (χ2n) is 7.15. The minimum atomic E-state index is -0.373. The van der Waals surface area contributed by atoms with E-state index < -0.39 is 0 Å². The molecule has 2 N–H and O–H groups in total. The number of pyridine rings is 2. The lowest BCUT2D eigenvalue weighted by molar-refractivity contribution is -0.110. The van der Waals surface area contributed by atoms with Gasteiger partial charge in [-0.2, -0.15) is 0 Å². The Morgan fingerprint density at radius 3 is 2.60 bits per heavy atom. The molecule has 0 atom stereocenters. The number of hydrogen-bond donors (Lipinski definition) is 2. The van der Waals surface area contributed by atoms with Crippen molar-refractivity contribution >= 4 is 29.3 Å². The Bertz CT molecular complexity index is 1190. The zero-order valence-corrected chi connectivity index (χ0v) is 17.3. The number of ether oxygens (including phenoxy) is 1. The minimum absolute atomic E-state index is 0.229. The van der Waals surface area contributed by atoms with Gasteiger partial charge in [-0.25, -0.2) is 9.78 Å². The van der Waals surface area contributed by atoms with Gasteiger partial charge in [0.2, 0.25) is 0 Å². The third-order valence-corrected chi connectivity index (χ3v) is 5.22. The molecule has 3 aromatic rings. The Kier molecular flexibility index (Phi) is 4.95. The van der Waals surface area contributed by atoms with Crippen molar-refractivity contribution in [2.75, 3.05) is 11.9 Å². The van der Waals surface area contributed by atoms with Gasteiger partial charge in [-0.3, -0.25) is 9.78 Å². The summed E-state index contributed by atoms with van der Waals surface area (Å²) in [4.78, 5) is 36.8. The van der Waals surface area contributed by atoms with E-state index in [1.54, 1.807) is 25.4 Å². The zero-order chi connectivity index (χ0) is 21.4. The van der Waals surface area contributed by atoms with Crippen LogP contribution in [0.1, 0.15) is 45.5 Å². The second-order valence-corrected chi connectivity index (χ2v) is 7.15. The summed E-state index contributed by atoms with van der Waals surface area (Å²) in [7, 11) is 0. The fourth-order valence-corrected chi connectivity index (χ4v) is 3.74. The summed E-state index contributed by atoms with van der Waals surface area (Å²) in [6, 6.07) is 5.79. The fourth-order valence-electron chi connectivity index (χ4n) is 3.74. The molecule has 30 heavy (non-hydrogen) atoms. The van der Waals surface area contributed by atoms with E-state index in [-0.39, 0.29) is 11.9 Å². The molecule has 0 saturated heterocycles. The van der Waals surface area contributed by atoms with Crippen LogP contribution in [0.25, 0.3) is 22.8 Å². The number of anilines is 1. The summed E-state index contributed by atoms with van der Waals surface area (Å²) in [6.45, 7) is 7.64. The van der Waals surface area contributed by atoms with Crippen molar-refractivity contribution in [1.29, 1.82) is 0 Å².